The Morgan fingerprint density at radius 2 is 2.33 bits per heavy atom. The minimum atomic E-state index is -1.02. The molecule has 5 nitrogen and oxygen atoms in total. The van der Waals surface area contributed by atoms with E-state index in [0.29, 0.717) is 12.8 Å². The van der Waals surface area contributed by atoms with Crippen LogP contribution in [0.4, 0.5) is 0 Å². The number of carboxylic acid groups (broad SMARTS) is 1. The highest BCUT2D eigenvalue weighted by Gasteiger charge is 2.43. The second kappa shape index (κ2) is 2.07. The number of aliphatic hydroxyl groups is 1. The van der Waals surface area contributed by atoms with Crippen LogP contribution >= 0.6 is 0 Å². The molecule has 0 aliphatic heterocycles. The highest BCUT2D eigenvalue weighted by molar-refractivity contribution is 5.86. The maximum Gasteiger partial charge on any atom is 0.338 e. The summed E-state index contributed by atoms with van der Waals surface area (Å²) in [5.41, 5.74) is -0.802. The van der Waals surface area contributed by atoms with E-state index in [2.05, 4.69) is 5.10 Å². The number of aromatic nitrogens is 2. The molecule has 0 bridgehead atoms. The monoisotopic (exact) mass is 168 g/mol. The summed E-state index contributed by atoms with van der Waals surface area (Å²) in [6.45, 7) is 0. The van der Waals surface area contributed by atoms with Gasteiger partial charge in [-0.05, 0) is 0 Å². The number of hydrogen-bond acceptors (Lipinski definition) is 3. The highest BCUT2D eigenvalue weighted by Crippen LogP contribution is 2.39. The zero-order valence-electron chi connectivity index (χ0n) is 6.27. The Hall–Kier alpha value is -1.36. The average Bonchev–Trinajstić information content (AvgIpc) is 2.61. The Bertz CT molecular complexity index is 327. The van der Waals surface area contributed by atoms with E-state index in [1.165, 1.54) is 17.1 Å². The fourth-order valence-corrected chi connectivity index (χ4v) is 1.00. The summed E-state index contributed by atoms with van der Waals surface area (Å²) in [5, 5.41) is 21.8. The molecule has 1 aromatic rings. The van der Waals surface area contributed by atoms with Gasteiger partial charge in [0.05, 0.1) is 11.8 Å². The van der Waals surface area contributed by atoms with Crippen molar-refractivity contribution in [3.05, 3.63) is 18.0 Å². The van der Waals surface area contributed by atoms with Gasteiger partial charge in [-0.2, -0.15) is 5.10 Å². The molecular formula is C7H8N2O3. The summed E-state index contributed by atoms with van der Waals surface area (Å²) in [5.74, 6) is -1.02. The molecule has 0 radical (unpaired) electrons. The van der Waals surface area contributed by atoms with Crippen molar-refractivity contribution < 1.29 is 15.0 Å². The number of carbonyl (C=O) groups is 1. The van der Waals surface area contributed by atoms with Gasteiger partial charge in [-0.1, -0.05) is 0 Å². The first-order chi connectivity index (χ1) is 5.62. The molecule has 1 aromatic heterocycles. The van der Waals surface area contributed by atoms with E-state index in [1.54, 1.807) is 0 Å². The lowest BCUT2D eigenvalue weighted by molar-refractivity contribution is 0.0598. The second-order valence-corrected chi connectivity index (χ2v) is 2.96. The molecule has 0 aromatic carbocycles. The van der Waals surface area contributed by atoms with Crippen LogP contribution in [-0.4, -0.2) is 26.0 Å². The third-order valence-electron chi connectivity index (χ3n) is 1.95. The van der Waals surface area contributed by atoms with E-state index in [1.807, 2.05) is 0 Å². The lowest BCUT2D eigenvalue weighted by Crippen LogP contribution is -2.16. The Kier molecular flexibility index (Phi) is 1.26. The summed E-state index contributed by atoms with van der Waals surface area (Å²) >= 11 is 0. The van der Waals surface area contributed by atoms with Crippen LogP contribution in [0.15, 0.2) is 12.4 Å². The molecule has 1 aliphatic carbocycles. The zero-order valence-corrected chi connectivity index (χ0v) is 6.27. The lowest BCUT2D eigenvalue weighted by Gasteiger charge is -2.05. The predicted molar refractivity (Wildman–Crippen MR) is 38.6 cm³/mol. The first-order valence-corrected chi connectivity index (χ1v) is 3.63. The van der Waals surface area contributed by atoms with Crippen molar-refractivity contribution in [3.8, 4) is 0 Å². The number of aromatic carboxylic acids is 1. The van der Waals surface area contributed by atoms with Crippen LogP contribution in [0, 0.1) is 0 Å². The van der Waals surface area contributed by atoms with Crippen molar-refractivity contribution in [2.24, 2.45) is 0 Å². The number of rotatable bonds is 2. The molecule has 12 heavy (non-hydrogen) atoms. The molecule has 1 fully saturated rings. The van der Waals surface area contributed by atoms with Crippen LogP contribution in [0.5, 0.6) is 0 Å². The maximum absolute atomic E-state index is 10.4. The summed E-state index contributed by atoms with van der Waals surface area (Å²) in [6, 6.07) is 0. The molecule has 0 unspecified atom stereocenters. The van der Waals surface area contributed by atoms with Gasteiger partial charge >= 0.3 is 5.97 Å². The van der Waals surface area contributed by atoms with Crippen LogP contribution in [0.1, 0.15) is 23.2 Å². The number of nitrogens with zero attached hydrogens (tertiary/aromatic N) is 2. The van der Waals surface area contributed by atoms with Gasteiger partial charge in [0.2, 0.25) is 0 Å². The quantitative estimate of drug-likeness (QED) is 0.652. The SMILES string of the molecule is O=C(O)c1cnn(C2(O)CC2)c1. The van der Waals surface area contributed by atoms with Crippen LogP contribution in [0.25, 0.3) is 0 Å². The Balaban J connectivity index is 2.30. The molecule has 2 rings (SSSR count). The topological polar surface area (TPSA) is 75.3 Å². The minimum Gasteiger partial charge on any atom is -0.478 e. The van der Waals surface area contributed by atoms with Crippen LogP contribution in [0.3, 0.4) is 0 Å². The third-order valence-corrected chi connectivity index (χ3v) is 1.95. The van der Waals surface area contributed by atoms with Crippen molar-refractivity contribution in [2.75, 3.05) is 0 Å². The molecular weight excluding hydrogens is 160 g/mol. The molecule has 64 valence electrons. The van der Waals surface area contributed by atoms with Crippen molar-refractivity contribution in [1.29, 1.82) is 0 Å². The lowest BCUT2D eigenvalue weighted by atomic mass is 10.4. The fourth-order valence-electron chi connectivity index (χ4n) is 1.00. The van der Waals surface area contributed by atoms with Crippen LogP contribution in [0.2, 0.25) is 0 Å². The maximum atomic E-state index is 10.4. The van der Waals surface area contributed by atoms with Gasteiger partial charge in [-0.25, -0.2) is 9.48 Å². The van der Waals surface area contributed by atoms with Gasteiger partial charge in [-0.3, -0.25) is 0 Å². The third kappa shape index (κ3) is 0.984. The fraction of sp³-hybridized carbons (Fsp3) is 0.429. The number of hydrogen-bond donors (Lipinski definition) is 2. The molecule has 1 heterocycles. The smallest absolute Gasteiger partial charge is 0.338 e. The van der Waals surface area contributed by atoms with Crippen molar-refractivity contribution in [3.63, 3.8) is 0 Å². The van der Waals surface area contributed by atoms with Gasteiger partial charge in [0.1, 0.15) is 0 Å². The molecule has 0 amide bonds. The summed E-state index contributed by atoms with van der Waals surface area (Å²) in [4.78, 5) is 10.4. The summed E-state index contributed by atoms with van der Waals surface area (Å²) < 4.78 is 1.30. The first-order valence-electron chi connectivity index (χ1n) is 3.63. The van der Waals surface area contributed by atoms with Crippen LogP contribution in [-0.2, 0) is 5.72 Å². The second-order valence-electron chi connectivity index (χ2n) is 2.96. The van der Waals surface area contributed by atoms with Gasteiger partial charge in [0, 0.05) is 19.0 Å². The van der Waals surface area contributed by atoms with Crippen molar-refractivity contribution in [1.82, 2.24) is 9.78 Å². The van der Waals surface area contributed by atoms with Gasteiger partial charge < -0.3 is 10.2 Å². The van der Waals surface area contributed by atoms with E-state index in [0.717, 1.165) is 0 Å². The predicted octanol–water partition coefficient (Wildman–Crippen LogP) is 0.0202. The van der Waals surface area contributed by atoms with Gasteiger partial charge in [0.15, 0.2) is 5.72 Å². The van der Waals surface area contributed by atoms with Gasteiger partial charge in [-0.15, -0.1) is 0 Å². The zero-order chi connectivity index (χ0) is 8.77. The van der Waals surface area contributed by atoms with Crippen molar-refractivity contribution in [2.45, 2.75) is 18.6 Å². The van der Waals surface area contributed by atoms with Crippen molar-refractivity contribution >= 4 is 5.97 Å². The Labute approximate surface area is 68.2 Å². The molecule has 0 atom stereocenters. The first kappa shape index (κ1) is 7.30. The molecule has 5 heteroatoms. The largest absolute Gasteiger partial charge is 0.478 e. The Morgan fingerprint density at radius 3 is 2.75 bits per heavy atom. The normalized spacial score (nSPS) is 19.1. The summed E-state index contributed by atoms with van der Waals surface area (Å²) in [7, 11) is 0. The number of carboxylic acids is 1. The molecule has 2 N–H and O–H groups in total. The molecule has 1 aliphatic rings. The molecule has 0 spiro atoms. The average molecular weight is 168 g/mol. The van der Waals surface area contributed by atoms with Gasteiger partial charge in [0.25, 0.3) is 0 Å². The standard InChI is InChI=1S/C7H8N2O3/c10-6(11)5-3-8-9(4-5)7(12)1-2-7/h3-4,12H,1-2H2,(H,10,11). The Morgan fingerprint density at radius 1 is 1.67 bits per heavy atom. The minimum absolute atomic E-state index is 0.107. The molecule has 1 saturated carbocycles. The summed E-state index contributed by atoms with van der Waals surface area (Å²) in [6.07, 6.45) is 3.87. The van der Waals surface area contributed by atoms with E-state index in [9.17, 15) is 9.90 Å². The molecule has 0 saturated heterocycles. The van der Waals surface area contributed by atoms with E-state index < -0.39 is 11.7 Å². The van der Waals surface area contributed by atoms with E-state index in [-0.39, 0.29) is 5.56 Å². The van der Waals surface area contributed by atoms with E-state index >= 15 is 0 Å². The van der Waals surface area contributed by atoms with Crippen LogP contribution < -0.4 is 0 Å². The van der Waals surface area contributed by atoms with E-state index in [4.69, 9.17) is 5.11 Å². The highest BCUT2D eigenvalue weighted by atomic mass is 16.4.